The summed E-state index contributed by atoms with van der Waals surface area (Å²) in [5.41, 5.74) is 3.27. The first-order chi connectivity index (χ1) is 14.5. The minimum Gasteiger partial charge on any atom is -0.457 e. The number of amides is 2. The number of benzene rings is 3. The number of nitrogens with one attached hydrogen (secondary N) is 1. The van der Waals surface area contributed by atoms with Crippen LogP contribution in [-0.4, -0.2) is 11.8 Å². The molecule has 1 aliphatic heterocycles. The molecule has 0 atom stereocenters. The summed E-state index contributed by atoms with van der Waals surface area (Å²) in [7, 11) is 0. The number of nitrogens with zero attached hydrogens (tertiary/aromatic N) is 1. The number of rotatable bonds is 5. The van der Waals surface area contributed by atoms with Gasteiger partial charge in [0.1, 0.15) is 22.2 Å². The van der Waals surface area contributed by atoms with E-state index in [1.165, 1.54) is 0 Å². The van der Waals surface area contributed by atoms with Crippen LogP contribution in [0.4, 0.5) is 11.4 Å². The predicted octanol–water partition coefficient (Wildman–Crippen LogP) is 5.53. The lowest BCUT2D eigenvalue weighted by molar-refractivity contribution is -0.120. The third-order valence-corrected chi connectivity index (χ3v) is 5.32. The van der Waals surface area contributed by atoms with Crippen LogP contribution in [0.1, 0.15) is 11.1 Å². The quantitative estimate of drug-likeness (QED) is 0.553. The van der Waals surface area contributed by atoms with Crippen LogP contribution in [0.3, 0.4) is 0 Å². The Morgan fingerprint density at radius 3 is 2.17 bits per heavy atom. The van der Waals surface area contributed by atoms with Crippen LogP contribution in [-0.2, 0) is 9.59 Å². The number of hydrogen-bond donors (Lipinski definition) is 1. The number of para-hydroxylation sites is 1. The van der Waals surface area contributed by atoms with Gasteiger partial charge in [-0.1, -0.05) is 41.9 Å². The van der Waals surface area contributed by atoms with Crippen molar-refractivity contribution >= 4 is 34.8 Å². The van der Waals surface area contributed by atoms with Crippen molar-refractivity contribution in [1.82, 2.24) is 0 Å². The molecule has 4 rings (SSSR count). The van der Waals surface area contributed by atoms with E-state index < -0.39 is 11.8 Å². The molecule has 0 spiro atoms. The molecule has 1 heterocycles. The molecule has 1 aliphatic rings. The molecular formula is C24H19ClN2O3. The molecule has 150 valence electrons. The molecule has 2 amide bonds. The molecule has 0 fully saturated rings. The van der Waals surface area contributed by atoms with Gasteiger partial charge in [0.15, 0.2) is 0 Å². The summed E-state index contributed by atoms with van der Waals surface area (Å²) in [5, 5.41) is 2.90. The molecule has 0 radical (unpaired) electrons. The van der Waals surface area contributed by atoms with Crippen LogP contribution < -0.4 is 15.0 Å². The van der Waals surface area contributed by atoms with Gasteiger partial charge < -0.3 is 10.1 Å². The van der Waals surface area contributed by atoms with Crippen molar-refractivity contribution in [2.75, 3.05) is 10.2 Å². The number of carbonyl (C=O) groups excluding carboxylic acids is 2. The molecule has 0 aliphatic carbocycles. The number of hydrogen-bond acceptors (Lipinski definition) is 4. The lowest BCUT2D eigenvalue weighted by atomic mass is 10.1. The number of ether oxygens (including phenoxy) is 1. The summed E-state index contributed by atoms with van der Waals surface area (Å²) in [6.45, 7) is 3.92. The van der Waals surface area contributed by atoms with E-state index in [4.69, 9.17) is 16.3 Å². The Kier molecular flexibility index (Phi) is 5.29. The van der Waals surface area contributed by atoms with Gasteiger partial charge in [0.2, 0.25) is 0 Å². The Morgan fingerprint density at radius 1 is 0.800 bits per heavy atom. The summed E-state index contributed by atoms with van der Waals surface area (Å²) in [6.07, 6.45) is 0. The Hall–Kier alpha value is -3.57. The van der Waals surface area contributed by atoms with E-state index in [-0.39, 0.29) is 10.7 Å². The van der Waals surface area contributed by atoms with Gasteiger partial charge in [-0.3, -0.25) is 9.59 Å². The summed E-state index contributed by atoms with van der Waals surface area (Å²) < 4.78 is 5.76. The van der Waals surface area contributed by atoms with E-state index in [9.17, 15) is 9.59 Å². The lowest BCUT2D eigenvalue weighted by Crippen LogP contribution is -2.32. The molecule has 0 saturated heterocycles. The third kappa shape index (κ3) is 3.67. The average molecular weight is 419 g/mol. The average Bonchev–Trinajstić information content (AvgIpc) is 2.96. The van der Waals surface area contributed by atoms with Crippen molar-refractivity contribution in [3.05, 3.63) is 94.7 Å². The monoisotopic (exact) mass is 418 g/mol. The molecule has 0 bridgehead atoms. The van der Waals surface area contributed by atoms with Crippen LogP contribution in [0.2, 0.25) is 0 Å². The summed E-state index contributed by atoms with van der Waals surface area (Å²) >= 11 is 6.23. The highest BCUT2D eigenvalue weighted by atomic mass is 35.5. The summed E-state index contributed by atoms with van der Waals surface area (Å²) in [5.74, 6) is 0.231. The van der Waals surface area contributed by atoms with Crippen molar-refractivity contribution in [1.29, 1.82) is 0 Å². The Bertz CT molecular complexity index is 1150. The molecule has 0 saturated carbocycles. The Labute approximate surface area is 179 Å². The fourth-order valence-corrected chi connectivity index (χ4v) is 3.37. The zero-order chi connectivity index (χ0) is 21.3. The highest BCUT2D eigenvalue weighted by Gasteiger charge is 2.39. The molecule has 5 nitrogen and oxygen atoms in total. The van der Waals surface area contributed by atoms with Gasteiger partial charge >= 0.3 is 0 Å². The van der Waals surface area contributed by atoms with E-state index in [0.717, 1.165) is 21.7 Å². The lowest BCUT2D eigenvalue weighted by Gasteiger charge is -2.16. The second-order valence-corrected chi connectivity index (χ2v) is 7.29. The van der Waals surface area contributed by atoms with Crippen LogP contribution in [0.25, 0.3) is 0 Å². The normalized spacial score (nSPS) is 13.8. The van der Waals surface area contributed by atoms with Gasteiger partial charge in [0.25, 0.3) is 11.8 Å². The minimum absolute atomic E-state index is 0.0694. The second kappa shape index (κ2) is 8.05. The fraction of sp³-hybridized carbons (Fsp3) is 0.0833. The molecule has 0 aromatic heterocycles. The molecule has 1 N–H and O–H groups in total. The first-order valence-corrected chi connectivity index (χ1v) is 9.78. The zero-order valence-corrected chi connectivity index (χ0v) is 17.2. The highest BCUT2D eigenvalue weighted by Crippen LogP contribution is 2.32. The fourth-order valence-electron chi connectivity index (χ4n) is 3.15. The minimum atomic E-state index is -0.564. The maximum absolute atomic E-state index is 13.0. The predicted molar refractivity (Wildman–Crippen MR) is 118 cm³/mol. The molecule has 3 aromatic rings. The zero-order valence-electron chi connectivity index (χ0n) is 16.5. The van der Waals surface area contributed by atoms with Gasteiger partial charge in [0.05, 0.1) is 5.69 Å². The first kappa shape index (κ1) is 19.7. The van der Waals surface area contributed by atoms with Gasteiger partial charge in [0, 0.05) is 5.69 Å². The van der Waals surface area contributed by atoms with Crippen molar-refractivity contribution in [3.8, 4) is 11.5 Å². The number of aryl methyl sites for hydroxylation is 1. The topological polar surface area (TPSA) is 58.6 Å². The van der Waals surface area contributed by atoms with Gasteiger partial charge in [-0.25, -0.2) is 4.90 Å². The Morgan fingerprint density at radius 2 is 1.47 bits per heavy atom. The van der Waals surface area contributed by atoms with Gasteiger partial charge in [-0.15, -0.1) is 0 Å². The maximum Gasteiger partial charge on any atom is 0.283 e. The van der Waals surface area contributed by atoms with Crippen LogP contribution in [0.5, 0.6) is 11.5 Å². The number of anilines is 2. The maximum atomic E-state index is 13.0. The van der Waals surface area contributed by atoms with E-state index in [0.29, 0.717) is 17.2 Å². The van der Waals surface area contributed by atoms with Crippen molar-refractivity contribution in [2.24, 2.45) is 0 Å². The SMILES string of the molecule is Cc1cccc(NC2=C(Cl)C(=O)N(c3ccc(Oc4ccccc4)cc3)C2=O)c1C. The summed E-state index contributed by atoms with van der Waals surface area (Å²) in [6, 6.07) is 21.8. The first-order valence-electron chi connectivity index (χ1n) is 9.40. The second-order valence-electron chi connectivity index (χ2n) is 6.92. The van der Waals surface area contributed by atoms with Gasteiger partial charge in [-0.2, -0.15) is 0 Å². The number of carbonyl (C=O) groups is 2. The molecule has 6 heteroatoms. The number of halogens is 1. The van der Waals surface area contributed by atoms with Gasteiger partial charge in [-0.05, 0) is 67.4 Å². The Balaban J connectivity index is 1.55. The van der Waals surface area contributed by atoms with Crippen LogP contribution >= 0.6 is 11.6 Å². The summed E-state index contributed by atoms with van der Waals surface area (Å²) in [4.78, 5) is 26.7. The molecular weight excluding hydrogens is 400 g/mol. The molecule has 0 unspecified atom stereocenters. The van der Waals surface area contributed by atoms with Crippen molar-refractivity contribution in [2.45, 2.75) is 13.8 Å². The van der Waals surface area contributed by atoms with Crippen LogP contribution in [0, 0.1) is 13.8 Å². The largest absolute Gasteiger partial charge is 0.457 e. The molecule has 3 aromatic carbocycles. The smallest absolute Gasteiger partial charge is 0.283 e. The highest BCUT2D eigenvalue weighted by molar-refractivity contribution is 6.53. The van der Waals surface area contributed by atoms with E-state index in [1.807, 2.05) is 62.4 Å². The van der Waals surface area contributed by atoms with E-state index >= 15 is 0 Å². The molecule has 30 heavy (non-hydrogen) atoms. The van der Waals surface area contributed by atoms with E-state index in [2.05, 4.69) is 5.32 Å². The number of imide groups is 1. The van der Waals surface area contributed by atoms with Crippen molar-refractivity contribution < 1.29 is 14.3 Å². The van der Waals surface area contributed by atoms with E-state index in [1.54, 1.807) is 24.3 Å². The standard InChI is InChI=1S/C24H19ClN2O3/c1-15-7-6-10-20(16(15)2)26-22-21(25)23(28)27(24(22)29)17-11-13-19(14-12-17)30-18-8-4-3-5-9-18/h3-14,26H,1-2H3. The van der Waals surface area contributed by atoms with Crippen LogP contribution in [0.15, 0.2) is 83.5 Å². The third-order valence-electron chi connectivity index (χ3n) is 4.97. The van der Waals surface area contributed by atoms with Crippen molar-refractivity contribution in [3.63, 3.8) is 0 Å².